The van der Waals surface area contributed by atoms with Crippen LogP contribution < -0.4 is 14.8 Å². The summed E-state index contributed by atoms with van der Waals surface area (Å²) in [5.41, 5.74) is 2.86. The third-order valence-corrected chi connectivity index (χ3v) is 4.56. The summed E-state index contributed by atoms with van der Waals surface area (Å²) >= 11 is 1.76. The molecule has 0 aliphatic carbocycles. The number of hydrogen-bond acceptors (Lipinski definition) is 4. The first-order valence-electron chi connectivity index (χ1n) is 8.87. The molecular weight excluding hydrogens is 346 g/mol. The maximum Gasteiger partial charge on any atom is 0.251 e. The lowest BCUT2D eigenvalue weighted by Gasteiger charge is -2.17. The molecule has 5 heteroatoms. The molecule has 0 saturated heterocycles. The molecule has 1 N–H and O–H groups in total. The summed E-state index contributed by atoms with van der Waals surface area (Å²) in [5.74, 6) is 2.29. The number of benzene rings is 2. The van der Waals surface area contributed by atoms with Crippen molar-refractivity contribution in [1.29, 1.82) is 0 Å². The first kappa shape index (κ1) is 20.2. The fourth-order valence-electron chi connectivity index (χ4n) is 2.62. The molecule has 140 valence electrons. The summed E-state index contributed by atoms with van der Waals surface area (Å²) in [6.45, 7) is 6.99. The van der Waals surface area contributed by atoms with Crippen LogP contribution in [0.15, 0.2) is 42.5 Å². The fraction of sp³-hybridized carbons (Fsp3) is 0.381. The van der Waals surface area contributed by atoms with E-state index in [1.165, 1.54) is 5.56 Å². The van der Waals surface area contributed by atoms with Crippen molar-refractivity contribution in [1.82, 2.24) is 5.32 Å². The van der Waals surface area contributed by atoms with Gasteiger partial charge in [0.25, 0.3) is 5.91 Å². The van der Waals surface area contributed by atoms with E-state index in [1.807, 2.05) is 63.2 Å². The quantitative estimate of drug-likeness (QED) is 0.683. The number of amides is 1. The summed E-state index contributed by atoms with van der Waals surface area (Å²) in [7, 11) is 0. The lowest BCUT2D eigenvalue weighted by molar-refractivity contribution is 0.0940. The zero-order chi connectivity index (χ0) is 18.9. The summed E-state index contributed by atoms with van der Waals surface area (Å²) in [4.78, 5) is 12.5. The summed E-state index contributed by atoms with van der Waals surface area (Å²) in [6.07, 6.45) is 2.07. The van der Waals surface area contributed by atoms with Crippen molar-refractivity contribution >= 4 is 17.7 Å². The van der Waals surface area contributed by atoms with Crippen molar-refractivity contribution < 1.29 is 14.3 Å². The van der Waals surface area contributed by atoms with Crippen molar-refractivity contribution in [3.63, 3.8) is 0 Å². The number of carbonyl (C=O) groups excluding carboxylic acids is 1. The molecule has 0 saturated carbocycles. The number of thioether (sulfide) groups is 1. The van der Waals surface area contributed by atoms with Crippen molar-refractivity contribution in [3.05, 3.63) is 59.2 Å². The Balaban J connectivity index is 2.09. The summed E-state index contributed by atoms with van der Waals surface area (Å²) < 4.78 is 11.3. The Hall–Kier alpha value is -2.14. The average Bonchev–Trinajstić information content (AvgIpc) is 2.64. The second-order valence-corrected chi connectivity index (χ2v) is 6.76. The van der Waals surface area contributed by atoms with Crippen LogP contribution in [-0.4, -0.2) is 25.4 Å². The molecule has 0 aliphatic heterocycles. The van der Waals surface area contributed by atoms with Gasteiger partial charge in [0, 0.05) is 11.3 Å². The highest BCUT2D eigenvalue weighted by molar-refractivity contribution is 7.97. The van der Waals surface area contributed by atoms with E-state index in [4.69, 9.17) is 9.47 Å². The Labute approximate surface area is 160 Å². The molecule has 2 aromatic rings. The highest BCUT2D eigenvalue weighted by Crippen LogP contribution is 2.30. The van der Waals surface area contributed by atoms with Crippen LogP contribution in [0.5, 0.6) is 11.5 Å². The van der Waals surface area contributed by atoms with Gasteiger partial charge in [-0.05, 0) is 62.4 Å². The Morgan fingerprint density at radius 1 is 1.04 bits per heavy atom. The molecule has 26 heavy (non-hydrogen) atoms. The van der Waals surface area contributed by atoms with Crippen LogP contribution in [0.3, 0.4) is 0 Å². The van der Waals surface area contributed by atoms with Gasteiger partial charge in [-0.2, -0.15) is 11.8 Å². The standard InChI is InChI=1S/C21H27NO3S/c1-5-24-19-12-11-18(13-20(19)25-6-2)15(3)22-21(23)17-9-7-16(8-10-17)14-26-4/h7-13,15H,5-6,14H2,1-4H3,(H,22,23)/t15-/m1/s1. The Morgan fingerprint density at radius 2 is 1.69 bits per heavy atom. The zero-order valence-corrected chi connectivity index (χ0v) is 16.7. The Bertz CT molecular complexity index is 716. The maximum absolute atomic E-state index is 12.5. The molecule has 2 rings (SSSR count). The molecule has 0 unspecified atom stereocenters. The van der Waals surface area contributed by atoms with E-state index in [-0.39, 0.29) is 11.9 Å². The zero-order valence-electron chi connectivity index (χ0n) is 15.9. The monoisotopic (exact) mass is 373 g/mol. The van der Waals surface area contributed by atoms with Crippen LogP contribution in [0.1, 0.15) is 48.3 Å². The number of ether oxygens (including phenoxy) is 2. The minimum atomic E-state index is -0.136. The molecule has 1 atom stereocenters. The van der Waals surface area contributed by atoms with Gasteiger partial charge in [-0.1, -0.05) is 18.2 Å². The predicted octanol–water partition coefficient (Wildman–Crippen LogP) is 4.84. The first-order valence-corrected chi connectivity index (χ1v) is 10.3. The fourth-order valence-corrected chi connectivity index (χ4v) is 3.15. The van der Waals surface area contributed by atoms with E-state index < -0.39 is 0 Å². The predicted molar refractivity (Wildman–Crippen MR) is 108 cm³/mol. The second kappa shape index (κ2) is 10.1. The molecule has 0 aliphatic rings. The van der Waals surface area contributed by atoms with Gasteiger partial charge in [-0.15, -0.1) is 0 Å². The van der Waals surface area contributed by atoms with Crippen LogP contribution in [-0.2, 0) is 5.75 Å². The van der Waals surface area contributed by atoms with E-state index >= 15 is 0 Å². The van der Waals surface area contributed by atoms with Crippen LogP contribution in [0.2, 0.25) is 0 Å². The van der Waals surface area contributed by atoms with Gasteiger partial charge in [0.2, 0.25) is 0 Å². The molecule has 0 aromatic heterocycles. The van der Waals surface area contributed by atoms with Gasteiger partial charge in [-0.25, -0.2) is 0 Å². The highest BCUT2D eigenvalue weighted by atomic mass is 32.2. The molecule has 0 radical (unpaired) electrons. The van der Waals surface area contributed by atoms with Crippen LogP contribution >= 0.6 is 11.8 Å². The van der Waals surface area contributed by atoms with E-state index in [0.29, 0.717) is 24.5 Å². The summed E-state index contributed by atoms with van der Waals surface area (Å²) in [6, 6.07) is 13.4. The second-order valence-electron chi connectivity index (χ2n) is 5.90. The topological polar surface area (TPSA) is 47.6 Å². The van der Waals surface area contributed by atoms with Crippen LogP contribution in [0.4, 0.5) is 0 Å². The van der Waals surface area contributed by atoms with Gasteiger partial charge in [0.1, 0.15) is 0 Å². The third kappa shape index (κ3) is 5.43. The number of nitrogens with one attached hydrogen (secondary N) is 1. The van der Waals surface area contributed by atoms with Gasteiger partial charge >= 0.3 is 0 Å². The largest absolute Gasteiger partial charge is 0.490 e. The third-order valence-electron chi connectivity index (χ3n) is 3.94. The first-order chi connectivity index (χ1) is 12.6. The molecule has 2 aromatic carbocycles. The van der Waals surface area contributed by atoms with Gasteiger partial charge < -0.3 is 14.8 Å². The van der Waals surface area contributed by atoms with E-state index in [2.05, 4.69) is 11.6 Å². The van der Waals surface area contributed by atoms with E-state index in [0.717, 1.165) is 17.1 Å². The minimum absolute atomic E-state index is 0.0833. The minimum Gasteiger partial charge on any atom is -0.490 e. The maximum atomic E-state index is 12.5. The molecule has 4 nitrogen and oxygen atoms in total. The molecule has 0 fully saturated rings. The number of hydrogen-bond donors (Lipinski definition) is 1. The van der Waals surface area contributed by atoms with Crippen molar-refractivity contribution in [2.75, 3.05) is 19.5 Å². The number of rotatable bonds is 9. The smallest absolute Gasteiger partial charge is 0.251 e. The lowest BCUT2D eigenvalue weighted by Crippen LogP contribution is -2.26. The van der Waals surface area contributed by atoms with E-state index in [1.54, 1.807) is 11.8 Å². The van der Waals surface area contributed by atoms with Gasteiger partial charge in [0.05, 0.1) is 19.3 Å². The van der Waals surface area contributed by atoms with Gasteiger partial charge in [-0.3, -0.25) is 4.79 Å². The highest BCUT2D eigenvalue weighted by Gasteiger charge is 2.14. The molecule has 0 spiro atoms. The SMILES string of the molecule is CCOc1ccc([C@@H](C)NC(=O)c2ccc(CSC)cc2)cc1OCC. The van der Waals surface area contributed by atoms with E-state index in [9.17, 15) is 4.79 Å². The Kier molecular flexibility index (Phi) is 7.85. The average molecular weight is 374 g/mol. The van der Waals surface area contributed by atoms with Crippen molar-refractivity contribution in [3.8, 4) is 11.5 Å². The van der Waals surface area contributed by atoms with Gasteiger partial charge in [0.15, 0.2) is 11.5 Å². The van der Waals surface area contributed by atoms with Crippen LogP contribution in [0, 0.1) is 0 Å². The molecule has 0 bridgehead atoms. The van der Waals surface area contributed by atoms with Crippen molar-refractivity contribution in [2.24, 2.45) is 0 Å². The Morgan fingerprint density at radius 3 is 2.31 bits per heavy atom. The summed E-state index contributed by atoms with van der Waals surface area (Å²) in [5, 5.41) is 3.04. The molecular formula is C21H27NO3S. The molecule has 0 heterocycles. The number of carbonyl (C=O) groups is 1. The normalized spacial score (nSPS) is 11.7. The molecule has 1 amide bonds. The lowest BCUT2D eigenvalue weighted by atomic mass is 10.1. The van der Waals surface area contributed by atoms with Crippen molar-refractivity contribution in [2.45, 2.75) is 32.6 Å². The van der Waals surface area contributed by atoms with Crippen LogP contribution in [0.25, 0.3) is 0 Å².